The molecule has 1 amide bonds. The first-order valence-electron chi connectivity index (χ1n) is 7.52. The van der Waals surface area contributed by atoms with Crippen molar-refractivity contribution in [3.05, 3.63) is 24.5 Å². The fourth-order valence-electron chi connectivity index (χ4n) is 3.24. The quantitative estimate of drug-likeness (QED) is 0.803. The summed E-state index contributed by atoms with van der Waals surface area (Å²) in [5, 5.41) is 0. The number of nitrogens with one attached hydrogen (secondary N) is 2. The van der Waals surface area contributed by atoms with Crippen molar-refractivity contribution in [1.29, 1.82) is 0 Å². The third-order valence-corrected chi connectivity index (χ3v) is 5.45. The Labute approximate surface area is 129 Å². The molecule has 1 aliphatic heterocycles. The van der Waals surface area contributed by atoms with Crippen LogP contribution >= 0.6 is 11.8 Å². The monoisotopic (exact) mass is 306 g/mol. The number of carbonyl (C=O) groups excluding carboxylic acids is 1. The predicted octanol–water partition coefficient (Wildman–Crippen LogP) is 1.28. The van der Waals surface area contributed by atoms with Gasteiger partial charge in [-0.3, -0.25) is 20.6 Å². The lowest BCUT2D eigenvalue weighted by Crippen LogP contribution is -2.43. The van der Waals surface area contributed by atoms with Gasteiger partial charge < -0.3 is 4.90 Å². The van der Waals surface area contributed by atoms with E-state index in [9.17, 15) is 4.79 Å². The number of likely N-dealkylation sites (N-methyl/N-ethyl adjacent to an activating group) is 1. The van der Waals surface area contributed by atoms with E-state index >= 15 is 0 Å². The zero-order chi connectivity index (χ0) is 14.7. The number of aromatic nitrogens is 1. The van der Waals surface area contributed by atoms with E-state index in [-0.39, 0.29) is 5.91 Å². The Morgan fingerprint density at radius 2 is 2.19 bits per heavy atom. The lowest BCUT2D eigenvalue weighted by molar-refractivity contribution is -0.127. The highest BCUT2D eigenvalue weighted by atomic mass is 32.2. The maximum atomic E-state index is 12.2. The second-order valence-electron chi connectivity index (χ2n) is 5.84. The predicted molar refractivity (Wildman–Crippen MR) is 83.8 cm³/mol. The molecular weight excluding hydrogens is 284 g/mol. The van der Waals surface area contributed by atoms with Crippen LogP contribution in [-0.2, 0) is 4.79 Å². The Bertz CT molecular complexity index is 484. The Balaban J connectivity index is 1.46. The van der Waals surface area contributed by atoms with Crippen LogP contribution in [0.1, 0.15) is 19.3 Å². The van der Waals surface area contributed by atoms with Gasteiger partial charge in [-0.2, -0.15) is 0 Å². The van der Waals surface area contributed by atoms with Crippen LogP contribution in [0, 0.1) is 5.92 Å². The molecule has 3 unspecified atom stereocenters. The van der Waals surface area contributed by atoms with E-state index in [1.165, 1.54) is 19.3 Å². The van der Waals surface area contributed by atoms with Crippen molar-refractivity contribution in [1.82, 2.24) is 20.7 Å². The normalized spacial score (nSPS) is 27.6. The molecule has 2 N–H and O–H groups in total. The lowest BCUT2D eigenvalue weighted by Gasteiger charge is -2.24. The average molecular weight is 306 g/mol. The van der Waals surface area contributed by atoms with E-state index < -0.39 is 0 Å². The summed E-state index contributed by atoms with van der Waals surface area (Å²) < 4.78 is 0. The zero-order valence-electron chi connectivity index (χ0n) is 12.3. The maximum Gasteiger partial charge on any atom is 0.232 e. The highest BCUT2D eigenvalue weighted by Crippen LogP contribution is 2.31. The Hall–Kier alpha value is -1.11. The molecule has 0 bridgehead atoms. The van der Waals surface area contributed by atoms with Gasteiger partial charge in [-0.15, -0.1) is 11.8 Å². The van der Waals surface area contributed by atoms with Gasteiger partial charge in [-0.1, -0.05) is 6.42 Å². The molecule has 1 aromatic rings. The summed E-state index contributed by atoms with van der Waals surface area (Å²) in [5.74, 6) is 1.34. The molecule has 1 saturated heterocycles. The molecule has 2 fully saturated rings. The molecule has 0 spiro atoms. The van der Waals surface area contributed by atoms with Crippen molar-refractivity contribution in [2.24, 2.45) is 5.92 Å². The van der Waals surface area contributed by atoms with Crippen LogP contribution in [0.4, 0.5) is 0 Å². The number of hydrazine groups is 1. The standard InChI is InChI=1S/C15H22N4OS/c1-19(9-14-12-3-2-4-13(12)17-18-14)15(20)10-21-11-5-7-16-8-6-11/h5-8,12-14,17-18H,2-4,9-10H2,1H3. The molecule has 1 saturated carbocycles. The van der Waals surface area contributed by atoms with Gasteiger partial charge >= 0.3 is 0 Å². The third kappa shape index (κ3) is 3.56. The molecule has 1 aromatic heterocycles. The summed E-state index contributed by atoms with van der Waals surface area (Å²) in [6.07, 6.45) is 7.33. The number of hydrogen-bond acceptors (Lipinski definition) is 5. The van der Waals surface area contributed by atoms with Crippen molar-refractivity contribution < 1.29 is 4.79 Å². The topological polar surface area (TPSA) is 57.3 Å². The van der Waals surface area contributed by atoms with E-state index in [1.54, 1.807) is 24.2 Å². The van der Waals surface area contributed by atoms with Crippen LogP contribution in [-0.4, -0.2) is 47.2 Å². The second kappa shape index (κ2) is 6.77. The minimum absolute atomic E-state index is 0.181. The SMILES string of the molecule is CN(CC1NNC2CCCC21)C(=O)CSc1ccncc1. The number of rotatable bonds is 5. The number of amides is 1. The molecule has 21 heavy (non-hydrogen) atoms. The van der Waals surface area contributed by atoms with Gasteiger partial charge in [-0.05, 0) is 30.9 Å². The van der Waals surface area contributed by atoms with E-state index in [0.29, 0.717) is 23.8 Å². The number of carbonyl (C=O) groups is 1. The van der Waals surface area contributed by atoms with Crippen molar-refractivity contribution in [2.75, 3.05) is 19.3 Å². The van der Waals surface area contributed by atoms with Gasteiger partial charge in [0, 0.05) is 43.0 Å². The van der Waals surface area contributed by atoms with E-state index in [1.807, 2.05) is 24.1 Å². The van der Waals surface area contributed by atoms with E-state index in [2.05, 4.69) is 15.8 Å². The molecule has 114 valence electrons. The van der Waals surface area contributed by atoms with Crippen LogP contribution in [0.5, 0.6) is 0 Å². The maximum absolute atomic E-state index is 12.2. The number of nitrogens with zero attached hydrogens (tertiary/aromatic N) is 2. The Morgan fingerprint density at radius 1 is 1.38 bits per heavy atom. The molecule has 3 rings (SSSR count). The van der Waals surface area contributed by atoms with Crippen LogP contribution < -0.4 is 10.9 Å². The molecule has 1 aliphatic carbocycles. The fourth-order valence-corrected chi connectivity index (χ4v) is 4.06. The molecule has 2 aliphatic rings. The van der Waals surface area contributed by atoms with Crippen molar-refractivity contribution in [3.63, 3.8) is 0 Å². The summed E-state index contributed by atoms with van der Waals surface area (Å²) in [4.78, 5) is 19.2. The molecule has 6 heteroatoms. The third-order valence-electron chi connectivity index (χ3n) is 4.45. The summed E-state index contributed by atoms with van der Waals surface area (Å²) in [7, 11) is 1.90. The first-order chi connectivity index (χ1) is 10.2. The van der Waals surface area contributed by atoms with Gasteiger partial charge in [0.05, 0.1) is 5.75 Å². The molecule has 3 atom stereocenters. The number of pyridine rings is 1. The van der Waals surface area contributed by atoms with Gasteiger partial charge in [0.2, 0.25) is 5.91 Å². The van der Waals surface area contributed by atoms with Crippen molar-refractivity contribution >= 4 is 17.7 Å². The number of hydrogen-bond donors (Lipinski definition) is 2. The first-order valence-corrected chi connectivity index (χ1v) is 8.50. The number of thioether (sulfide) groups is 1. The van der Waals surface area contributed by atoms with Gasteiger partial charge in [-0.25, -0.2) is 0 Å². The lowest BCUT2D eigenvalue weighted by atomic mass is 9.97. The summed E-state index contributed by atoms with van der Waals surface area (Å²) >= 11 is 1.57. The largest absolute Gasteiger partial charge is 0.343 e. The van der Waals surface area contributed by atoms with Crippen LogP contribution in [0.2, 0.25) is 0 Å². The summed E-state index contributed by atoms with van der Waals surface area (Å²) in [5.41, 5.74) is 6.73. The Morgan fingerprint density at radius 3 is 3.00 bits per heavy atom. The highest BCUT2D eigenvalue weighted by molar-refractivity contribution is 8.00. The van der Waals surface area contributed by atoms with Gasteiger partial charge in [0.25, 0.3) is 0 Å². The average Bonchev–Trinajstić information content (AvgIpc) is 3.11. The number of fused-ring (bicyclic) bond motifs is 1. The fraction of sp³-hybridized carbons (Fsp3) is 0.600. The summed E-state index contributed by atoms with van der Waals surface area (Å²) in [6, 6.07) is 4.86. The molecule has 2 heterocycles. The smallest absolute Gasteiger partial charge is 0.232 e. The van der Waals surface area contributed by atoms with E-state index in [4.69, 9.17) is 0 Å². The minimum atomic E-state index is 0.181. The molecule has 0 radical (unpaired) electrons. The van der Waals surface area contributed by atoms with Crippen LogP contribution in [0.3, 0.4) is 0 Å². The second-order valence-corrected chi connectivity index (χ2v) is 6.89. The minimum Gasteiger partial charge on any atom is -0.343 e. The Kier molecular flexibility index (Phi) is 4.77. The molecule has 5 nitrogen and oxygen atoms in total. The molecule has 0 aromatic carbocycles. The van der Waals surface area contributed by atoms with E-state index in [0.717, 1.165) is 11.4 Å². The first kappa shape index (κ1) is 14.8. The van der Waals surface area contributed by atoms with Gasteiger partial charge in [0.15, 0.2) is 0 Å². The van der Waals surface area contributed by atoms with Crippen molar-refractivity contribution in [3.8, 4) is 0 Å². The molecular formula is C15H22N4OS. The van der Waals surface area contributed by atoms with Crippen molar-refractivity contribution in [2.45, 2.75) is 36.2 Å². The summed E-state index contributed by atoms with van der Waals surface area (Å²) in [6.45, 7) is 0.782. The van der Waals surface area contributed by atoms with Gasteiger partial charge in [0.1, 0.15) is 0 Å². The van der Waals surface area contributed by atoms with Crippen LogP contribution in [0.15, 0.2) is 29.4 Å². The zero-order valence-corrected chi connectivity index (χ0v) is 13.1. The van der Waals surface area contributed by atoms with Crippen LogP contribution in [0.25, 0.3) is 0 Å². The highest BCUT2D eigenvalue weighted by Gasteiger charge is 2.39.